The minimum Gasteiger partial charge on any atom is -0.378 e. The Morgan fingerprint density at radius 1 is 1.45 bits per heavy atom. The molecule has 7 heteroatoms. The van der Waals surface area contributed by atoms with Gasteiger partial charge in [0.2, 0.25) is 10.0 Å². The van der Waals surface area contributed by atoms with Crippen LogP contribution in [0.4, 0.5) is 0 Å². The van der Waals surface area contributed by atoms with E-state index in [9.17, 15) is 8.42 Å². The molecule has 5 nitrogen and oxygen atoms in total. The third-order valence-corrected chi connectivity index (χ3v) is 5.65. The lowest BCUT2D eigenvalue weighted by atomic mass is 10.1. The summed E-state index contributed by atoms with van der Waals surface area (Å²) in [6.07, 6.45) is 0.0296. The average Bonchev–Trinajstić information content (AvgIpc) is 2.46. The molecule has 0 aromatic heterocycles. The van der Waals surface area contributed by atoms with Crippen LogP contribution < -0.4 is 5.32 Å². The summed E-state index contributed by atoms with van der Waals surface area (Å²) in [6, 6.07) is 7.15. The summed E-state index contributed by atoms with van der Waals surface area (Å²) in [5, 5.41) is 3.86. The maximum atomic E-state index is 12.6. The molecule has 1 unspecified atom stereocenters. The standard InChI is InChI=1S/C15H23ClN2O3S/c1-12(2)21-8-9-22(19,20)18-7-6-17-11-15(18)13-4-3-5-14(16)10-13/h3-5,10,12,15,17H,6-9,11H2,1-2H3. The van der Waals surface area contributed by atoms with Crippen molar-refractivity contribution >= 4 is 21.6 Å². The molecule has 1 fully saturated rings. The first-order valence-corrected chi connectivity index (χ1v) is 9.46. The molecular formula is C15H23ClN2O3S. The van der Waals surface area contributed by atoms with Gasteiger partial charge in [0.15, 0.2) is 0 Å². The van der Waals surface area contributed by atoms with Crippen molar-refractivity contribution in [2.45, 2.75) is 26.0 Å². The smallest absolute Gasteiger partial charge is 0.217 e. The normalized spacial score (nSPS) is 20.5. The van der Waals surface area contributed by atoms with E-state index in [1.54, 1.807) is 10.4 Å². The van der Waals surface area contributed by atoms with Crippen LogP contribution in [0.15, 0.2) is 24.3 Å². The SMILES string of the molecule is CC(C)OCCS(=O)(=O)N1CCNCC1c1cccc(Cl)c1. The Morgan fingerprint density at radius 3 is 2.91 bits per heavy atom. The van der Waals surface area contributed by atoms with Gasteiger partial charge in [-0.1, -0.05) is 23.7 Å². The number of sulfonamides is 1. The van der Waals surface area contributed by atoms with Crippen molar-refractivity contribution in [2.24, 2.45) is 0 Å². The fraction of sp³-hybridized carbons (Fsp3) is 0.600. The van der Waals surface area contributed by atoms with Crippen LogP contribution in [0.25, 0.3) is 0 Å². The summed E-state index contributed by atoms with van der Waals surface area (Å²) in [5.41, 5.74) is 0.910. The fourth-order valence-electron chi connectivity index (χ4n) is 2.52. The van der Waals surface area contributed by atoms with E-state index >= 15 is 0 Å². The van der Waals surface area contributed by atoms with E-state index in [0.29, 0.717) is 24.7 Å². The number of hydrogen-bond donors (Lipinski definition) is 1. The largest absolute Gasteiger partial charge is 0.378 e. The number of hydrogen-bond acceptors (Lipinski definition) is 4. The van der Waals surface area contributed by atoms with Crippen molar-refractivity contribution in [1.29, 1.82) is 0 Å². The summed E-state index contributed by atoms with van der Waals surface area (Å²) >= 11 is 6.04. The summed E-state index contributed by atoms with van der Waals surface area (Å²) < 4.78 is 32.2. The summed E-state index contributed by atoms with van der Waals surface area (Å²) in [6.45, 7) is 5.71. The molecule has 1 aromatic rings. The van der Waals surface area contributed by atoms with E-state index in [1.165, 1.54) is 0 Å². The van der Waals surface area contributed by atoms with Gasteiger partial charge in [0.1, 0.15) is 0 Å². The Balaban J connectivity index is 2.15. The molecule has 0 saturated carbocycles. The predicted molar refractivity (Wildman–Crippen MR) is 88.6 cm³/mol. The molecule has 1 aliphatic heterocycles. The van der Waals surface area contributed by atoms with Gasteiger partial charge in [0.05, 0.1) is 24.5 Å². The number of benzene rings is 1. The Labute approximate surface area is 137 Å². The van der Waals surface area contributed by atoms with E-state index in [2.05, 4.69) is 5.32 Å². The van der Waals surface area contributed by atoms with Gasteiger partial charge in [-0.15, -0.1) is 0 Å². The summed E-state index contributed by atoms with van der Waals surface area (Å²) in [4.78, 5) is 0. The zero-order valence-corrected chi connectivity index (χ0v) is 14.5. The molecule has 1 atom stereocenters. The maximum Gasteiger partial charge on any atom is 0.217 e. The number of nitrogens with zero attached hydrogens (tertiary/aromatic N) is 1. The van der Waals surface area contributed by atoms with Gasteiger partial charge in [0, 0.05) is 24.7 Å². The van der Waals surface area contributed by atoms with Crippen LogP contribution in [0, 0.1) is 0 Å². The number of rotatable bonds is 6. The van der Waals surface area contributed by atoms with Gasteiger partial charge in [-0.3, -0.25) is 0 Å². The van der Waals surface area contributed by atoms with E-state index in [4.69, 9.17) is 16.3 Å². The summed E-state index contributed by atoms with van der Waals surface area (Å²) in [5.74, 6) is 0.00223. The zero-order chi connectivity index (χ0) is 16.2. The van der Waals surface area contributed by atoms with Gasteiger partial charge in [-0.2, -0.15) is 4.31 Å². The minimum atomic E-state index is -3.36. The fourth-order valence-corrected chi connectivity index (χ4v) is 4.22. The van der Waals surface area contributed by atoms with Crippen LogP contribution in [0.3, 0.4) is 0 Å². The topological polar surface area (TPSA) is 58.6 Å². The second kappa shape index (κ2) is 7.75. The highest BCUT2D eigenvalue weighted by Gasteiger charge is 2.33. The van der Waals surface area contributed by atoms with Crippen LogP contribution in [0.2, 0.25) is 5.02 Å². The molecule has 2 rings (SSSR count). The molecule has 1 heterocycles. The third kappa shape index (κ3) is 4.67. The quantitative estimate of drug-likeness (QED) is 0.856. The average molecular weight is 347 g/mol. The predicted octanol–water partition coefficient (Wildman–Crippen LogP) is 2.04. The first-order chi connectivity index (χ1) is 10.4. The van der Waals surface area contributed by atoms with Gasteiger partial charge >= 0.3 is 0 Å². The van der Waals surface area contributed by atoms with E-state index in [1.807, 2.05) is 32.0 Å². The molecule has 1 saturated heterocycles. The van der Waals surface area contributed by atoms with E-state index < -0.39 is 10.0 Å². The van der Waals surface area contributed by atoms with Gasteiger partial charge < -0.3 is 10.1 Å². The van der Waals surface area contributed by atoms with Gasteiger partial charge in [-0.05, 0) is 31.5 Å². The van der Waals surface area contributed by atoms with E-state index in [0.717, 1.165) is 5.56 Å². The maximum absolute atomic E-state index is 12.6. The second-order valence-electron chi connectivity index (χ2n) is 5.62. The number of piperazine rings is 1. The van der Waals surface area contributed by atoms with Crippen molar-refractivity contribution in [3.05, 3.63) is 34.9 Å². The minimum absolute atomic E-state index is 0.00223. The molecule has 1 aliphatic rings. The van der Waals surface area contributed by atoms with Gasteiger partial charge in [-0.25, -0.2) is 8.42 Å². The molecule has 124 valence electrons. The highest BCUT2D eigenvalue weighted by molar-refractivity contribution is 7.89. The highest BCUT2D eigenvalue weighted by Crippen LogP contribution is 2.27. The third-order valence-electron chi connectivity index (χ3n) is 3.58. The first-order valence-electron chi connectivity index (χ1n) is 7.47. The molecule has 0 bridgehead atoms. The van der Waals surface area contributed by atoms with Crippen LogP contribution in [0.5, 0.6) is 0 Å². The van der Waals surface area contributed by atoms with Crippen LogP contribution in [0.1, 0.15) is 25.5 Å². The van der Waals surface area contributed by atoms with Crippen LogP contribution >= 0.6 is 11.6 Å². The number of ether oxygens (including phenoxy) is 1. The summed E-state index contributed by atoms with van der Waals surface area (Å²) in [7, 11) is -3.36. The zero-order valence-electron chi connectivity index (χ0n) is 13.0. The molecule has 22 heavy (non-hydrogen) atoms. The lowest BCUT2D eigenvalue weighted by Gasteiger charge is -2.35. The van der Waals surface area contributed by atoms with Crippen molar-refractivity contribution in [2.75, 3.05) is 32.0 Å². The second-order valence-corrected chi connectivity index (χ2v) is 8.10. The molecule has 1 N–H and O–H groups in total. The van der Waals surface area contributed by atoms with Crippen molar-refractivity contribution < 1.29 is 13.2 Å². The molecule has 0 spiro atoms. The molecule has 0 aliphatic carbocycles. The monoisotopic (exact) mass is 346 g/mol. The Hall–Kier alpha value is -0.660. The van der Waals surface area contributed by atoms with Crippen LogP contribution in [-0.2, 0) is 14.8 Å². The Morgan fingerprint density at radius 2 is 2.23 bits per heavy atom. The van der Waals surface area contributed by atoms with Crippen molar-refractivity contribution in [1.82, 2.24) is 9.62 Å². The first kappa shape index (κ1) is 17.7. The van der Waals surface area contributed by atoms with Crippen LogP contribution in [-0.4, -0.2) is 50.8 Å². The lowest BCUT2D eigenvalue weighted by molar-refractivity contribution is 0.0903. The van der Waals surface area contributed by atoms with Gasteiger partial charge in [0.25, 0.3) is 0 Å². The van der Waals surface area contributed by atoms with E-state index in [-0.39, 0.29) is 24.5 Å². The van der Waals surface area contributed by atoms with Crippen molar-refractivity contribution in [3.8, 4) is 0 Å². The Bertz CT molecular complexity index is 592. The lowest BCUT2D eigenvalue weighted by Crippen LogP contribution is -2.49. The molecule has 1 aromatic carbocycles. The highest BCUT2D eigenvalue weighted by atomic mass is 35.5. The number of nitrogens with one attached hydrogen (secondary N) is 1. The molecular weight excluding hydrogens is 324 g/mol. The van der Waals surface area contributed by atoms with Crippen molar-refractivity contribution in [3.63, 3.8) is 0 Å². The molecule has 0 amide bonds. The number of halogens is 1. The molecule has 0 radical (unpaired) electrons. The Kier molecular flexibility index (Phi) is 6.23.